The molecule has 0 heterocycles. The molecular weight excluding hydrogens is 777 g/mol. The monoisotopic (exact) mass is 832 g/mol. The number of hydrogen-bond donors (Lipinski definition) is 3. The molecule has 0 atom stereocenters. The highest BCUT2D eigenvalue weighted by Gasteiger charge is 2.28. The molecule has 0 aliphatic rings. The lowest BCUT2D eigenvalue weighted by Gasteiger charge is -2.23. The third-order valence-electron chi connectivity index (χ3n) is 9.25. The molecule has 3 N–H and O–H groups in total. The Bertz CT molecular complexity index is 2270. The number of benzene rings is 4. The average Bonchev–Trinajstić information content (AvgIpc) is 3.18. The van der Waals surface area contributed by atoms with Crippen LogP contribution in [0.25, 0.3) is 0 Å². The fraction of sp³-hybridized carbons (Fsp3) is 0.386. The van der Waals surface area contributed by atoms with Crippen LogP contribution >= 0.6 is 0 Å². The van der Waals surface area contributed by atoms with E-state index in [0.717, 1.165) is 37.3 Å². The van der Waals surface area contributed by atoms with Crippen LogP contribution in [0.15, 0.2) is 93.1 Å². The molecule has 0 unspecified atom stereocenters. The van der Waals surface area contributed by atoms with Gasteiger partial charge in [0.05, 0.1) is 40.1 Å². The van der Waals surface area contributed by atoms with Crippen LogP contribution in [0.2, 0.25) is 0 Å². The third-order valence-corrected chi connectivity index (χ3v) is 12.0. The van der Waals surface area contributed by atoms with Gasteiger partial charge in [-0.25, -0.2) is 13.2 Å². The zero-order valence-corrected chi connectivity index (χ0v) is 36.2. The second-order valence-electron chi connectivity index (χ2n) is 14.9. The number of carbonyl (C=O) groups is 2. The number of rotatable bonds is 20. The Morgan fingerprint density at radius 3 is 2.00 bits per heavy atom. The first-order valence-electron chi connectivity index (χ1n) is 19.7. The van der Waals surface area contributed by atoms with Crippen molar-refractivity contribution in [3.8, 4) is 5.75 Å². The Hall–Kier alpha value is -5.21. The van der Waals surface area contributed by atoms with E-state index in [1.807, 2.05) is 64.1 Å². The molecular formula is C44H56N4O8S2. The van der Waals surface area contributed by atoms with Crippen LogP contribution < -0.4 is 20.1 Å². The first-order valence-corrected chi connectivity index (χ1v) is 22.6. The Morgan fingerprint density at radius 1 is 0.741 bits per heavy atom. The normalized spacial score (nSPS) is 12.0. The Kier molecular flexibility index (Phi) is 16.1. The van der Waals surface area contributed by atoms with Crippen LogP contribution in [0.4, 0.5) is 22.7 Å². The van der Waals surface area contributed by atoms with E-state index < -0.39 is 31.9 Å². The van der Waals surface area contributed by atoms with Crippen molar-refractivity contribution in [3.05, 3.63) is 101 Å². The minimum absolute atomic E-state index is 0.0295. The zero-order chi connectivity index (χ0) is 42.6. The molecule has 4 aromatic rings. The van der Waals surface area contributed by atoms with Crippen LogP contribution in [0.3, 0.4) is 0 Å². The van der Waals surface area contributed by atoms with Gasteiger partial charge in [-0.15, -0.1) is 0 Å². The highest BCUT2D eigenvalue weighted by Crippen LogP contribution is 2.37. The number of ether oxygens (including phenoxy) is 2. The number of anilines is 4. The molecule has 312 valence electrons. The van der Waals surface area contributed by atoms with Crippen LogP contribution in [-0.2, 0) is 29.6 Å². The molecule has 1 amide bonds. The van der Waals surface area contributed by atoms with Gasteiger partial charge in [-0.05, 0) is 108 Å². The van der Waals surface area contributed by atoms with Crippen LogP contribution in [0.1, 0.15) is 126 Å². The van der Waals surface area contributed by atoms with E-state index in [4.69, 9.17) is 9.47 Å². The number of esters is 1. The van der Waals surface area contributed by atoms with Crippen molar-refractivity contribution < 1.29 is 35.9 Å². The molecule has 0 aromatic heterocycles. The van der Waals surface area contributed by atoms with E-state index in [0.29, 0.717) is 41.1 Å². The second-order valence-corrected chi connectivity index (χ2v) is 18.1. The summed E-state index contributed by atoms with van der Waals surface area (Å²) in [6, 6.07) is 21.2. The maximum atomic E-state index is 14.4. The smallest absolute Gasteiger partial charge is 0.350 e. The van der Waals surface area contributed by atoms with Crippen molar-refractivity contribution >= 4 is 60.9 Å². The fourth-order valence-electron chi connectivity index (χ4n) is 6.08. The lowest BCUT2D eigenvalue weighted by molar-refractivity contribution is -0.134. The van der Waals surface area contributed by atoms with Crippen molar-refractivity contribution in [3.63, 3.8) is 0 Å². The summed E-state index contributed by atoms with van der Waals surface area (Å²) in [7, 11) is -8.50. The SMILES string of the molecule is CCCCCCOc1ccc(Nc2ccc(NS(=O)(=O)c3c(C(C)C)cc(C(C)C)cc3C(C)C)cc2NC(=O)c2cccc(S(=O)(=O)N=CC(=O)OCC)c2)cc1. The van der Waals surface area contributed by atoms with Crippen molar-refractivity contribution in [1.82, 2.24) is 0 Å². The summed E-state index contributed by atoms with van der Waals surface area (Å²) in [5.41, 5.74) is 3.95. The van der Waals surface area contributed by atoms with E-state index in [2.05, 4.69) is 40.5 Å². The summed E-state index contributed by atoms with van der Waals surface area (Å²) in [6.07, 6.45) is 4.92. The van der Waals surface area contributed by atoms with Gasteiger partial charge in [-0.1, -0.05) is 85.9 Å². The maximum absolute atomic E-state index is 14.4. The standard InChI is InChI=1S/C44H56N4O8S2/c1-9-11-12-13-23-56-36-20-17-34(18-21-36)46-40-22-19-35(48-58(53,54)43-38(30(5)6)25-33(29(3)4)26-39(43)31(7)8)27-41(40)47-44(50)32-15-14-16-37(24-32)57(51,52)45-28-42(49)55-10-2/h14-22,24-31,46,48H,9-13,23H2,1-8H3,(H,47,50). The second kappa shape index (κ2) is 20.5. The van der Waals surface area contributed by atoms with E-state index in [1.165, 1.54) is 24.3 Å². The average molecular weight is 833 g/mol. The maximum Gasteiger partial charge on any atom is 0.350 e. The van der Waals surface area contributed by atoms with Gasteiger partial charge in [0.1, 0.15) is 12.0 Å². The number of amides is 1. The first kappa shape index (κ1) is 45.5. The summed E-state index contributed by atoms with van der Waals surface area (Å²) in [5.74, 6) is -0.869. The lowest BCUT2D eigenvalue weighted by Crippen LogP contribution is -2.19. The van der Waals surface area contributed by atoms with Gasteiger partial charge in [0.15, 0.2) is 0 Å². The van der Waals surface area contributed by atoms with Gasteiger partial charge in [-0.2, -0.15) is 12.8 Å². The molecule has 4 rings (SSSR count). The molecule has 0 bridgehead atoms. The summed E-state index contributed by atoms with van der Waals surface area (Å²) >= 11 is 0. The number of sulfonamides is 2. The molecule has 58 heavy (non-hydrogen) atoms. The van der Waals surface area contributed by atoms with Gasteiger partial charge in [0.25, 0.3) is 26.0 Å². The lowest BCUT2D eigenvalue weighted by atomic mass is 9.89. The summed E-state index contributed by atoms with van der Waals surface area (Å²) in [6.45, 7) is 16.4. The number of nitrogens with zero attached hydrogens (tertiary/aromatic N) is 1. The zero-order valence-electron chi connectivity index (χ0n) is 34.6. The van der Waals surface area contributed by atoms with Gasteiger partial charge in [0.2, 0.25) is 0 Å². The molecule has 0 saturated heterocycles. The highest BCUT2D eigenvalue weighted by molar-refractivity contribution is 7.92. The summed E-state index contributed by atoms with van der Waals surface area (Å²) < 4.78 is 71.3. The first-order chi connectivity index (χ1) is 27.4. The minimum Gasteiger partial charge on any atom is -0.494 e. The molecule has 0 spiro atoms. The van der Waals surface area contributed by atoms with Gasteiger partial charge in [-0.3, -0.25) is 9.52 Å². The van der Waals surface area contributed by atoms with Crippen molar-refractivity contribution in [1.29, 1.82) is 0 Å². The number of nitrogens with one attached hydrogen (secondary N) is 3. The topological polar surface area (TPSA) is 169 Å². The fourth-order valence-corrected chi connectivity index (χ4v) is 8.70. The van der Waals surface area contributed by atoms with E-state index >= 15 is 0 Å². The largest absolute Gasteiger partial charge is 0.494 e. The predicted octanol–water partition coefficient (Wildman–Crippen LogP) is 10.1. The quantitative estimate of drug-likeness (QED) is 0.0446. The highest BCUT2D eigenvalue weighted by atomic mass is 32.2. The van der Waals surface area contributed by atoms with Crippen molar-refractivity contribution in [2.45, 2.75) is 109 Å². The van der Waals surface area contributed by atoms with Crippen LogP contribution in [0, 0.1) is 0 Å². The molecule has 12 nitrogen and oxygen atoms in total. The number of hydrogen-bond acceptors (Lipinski definition) is 9. The molecule has 0 aliphatic carbocycles. The van der Waals surface area contributed by atoms with E-state index in [-0.39, 0.29) is 51.1 Å². The van der Waals surface area contributed by atoms with Crippen molar-refractivity contribution in [2.75, 3.05) is 28.6 Å². The number of unbranched alkanes of at least 4 members (excludes halogenated alkanes) is 3. The van der Waals surface area contributed by atoms with Gasteiger partial charge in [0, 0.05) is 11.3 Å². The molecule has 0 fully saturated rings. The third kappa shape index (κ3) is 12.4. The molecule has 0 saturated carbocycles. The Labute approximate surface area is 344 Å². The molecule has 14 heteroatoms. The minimum atomic E-state index is -4.36. The van der Waals surface area contributed by atoms with Crippen molar-refractivity contribution in [2.24, 2.45) is 4.40 Å². The predicted molar refractivity (Wildman–Crippen MR) is 232 cm³/mol. The van der Waals surface area contributed by atoms with E-state index in [9.17, 15) is 26.4 Å². The van der Waals surface area contributed by atoms with Gasteiger partial charge >= 0.3 is 5.97 Å². The number of carbonyl (C=O) groups excluding carboxylic acids is 2. The Balaban J connectivity index is 1.72. The van der Waals surface area contributed by atoms with E-state index in [1.54, 1.807) is 19.1 Å². The Morgan fingerprint density at radius 2 is 1.40 bits per heavy atom. The molecule has 0 radical (unpaired) electrons. The summed E-state index contributed by atoms with van der Waals surface area (Å²) in [4.78, 5) is 25.4. The van der Waals surface area contributed by atoms with Gasteiger partial charge < -0.3 is 20.1 Å². The molecule has 0 aliphatic heterocycles. The molecule has 4 aromatic carbocycles. The van der Waals surface area contributed by atoms with Crippen LogP contribution in [-0.4, -0.2) is 48.1 Å². The summed E-state index contributed by atoms with van der Waals surface area (Å²) in [5, 5.41) is 6.12. The van der Waals surface area contributed by atoms with Crippen LogP contribution in [0.5, 0.6) is 5.75 Å².